The third-order valence-electron chi connectivity index (χ3n) is 5.68. The Hall–Kier alpha value is -3.34. The van der Waals surface area contributed by atoms with E-state index in [0.717, 1.165) is 23.1 Å². The maximum atomic E-state index is 11.6. The van der Waals surface area contributed by atoms with E-state index in [4.69, 9.17) is 19.8 Å². The smallest absolute Gasteiger partial charge is 0.308 e. The van der Waals surface area contributed by atoms with E-state index in [-0.39, 0.29) is 5.92 Å². The van der Waals surface area contributed by atoms with Crippen molar-refractivity contribution in [1.82, 2.24) is 29.7 Å². The van der Waals surface area contributed by atoms with Crippen LogP contribution in [0.5, 0.6) is 0 Å². The molecule has 1 aliphatic rings. The lowest BCUT2D eigenvalue weighted by atomic mass is 9.99. The van der Waals surface area contributed by atoms with E-state index in [1.165, 1.54) is 6.33 Å². The van der Waals surface area contributed by atoms with Gasteiger partial charge in [-0.15, -0.1) is 0 Å². The Morgan fingerprint density at radius 2 is 2.21 bits per heavy atom. The minimum Gasteiger partial charge on any atom is -0.481 e. The van der Waals surface area contributed by atoms with Gasteiger partial charge in [-0.05, 0) is 31.7 Å². The normalized spacial score (nSPS) is 16.5. The van der Waals surface area contributed by atoms with E-state index in [0.29, 0.717) is 56.9 Å². The van der Waals surface area contributed by atoms with Crippen molar-refractivity contribution >= 4 is 34.6 Å². The van der Waals surface area contributed by atoms with Crippen molar-refractivity contribution in [3.63, 3.8) is 0 Å². The standard InChI is InChI=1S/C22H30N8O3/c1-4-33-11-10-30-19-18(17(28-30)14(2)3)26-22(29-9-5-6-15(12-29)21(31)32)27-20(19)25-16-7-8-23-13-24-16/h7-8,13-15H,4-6,9-12H2,1-3H3,(H,31,32)(H,23,24,25,26,27)/t15-/m0/s1. The Morgan fingerprint density at radius 3 is 2.91 bits per heavy atom. The number of hydrogen-bond acceptors (Lipinski definition) is 9. The fraction of sp³-hybridized carbons (Fsp3) is 0.545. The van der Waals surface area contributed by atoms with Crippen LogP contribution in [0.15, 0.2) is 18.6 Å². The number of aliphatic carboxylic acids is 1. The summed E-state index contributed by atoms with van der Waals surface area (Å²) >= 11 is 0. The van der Waals surface area contributed by atoms with Gasteiger partial charge in [0.1, 0.15) is 23.2 Å². The highest BCUT2D eigenvalue weighted by molar-refractivity contribution is 5.90. The molecule has 3 aromatic rings. The zero-order valence-corrected chi connectivity index (χ0v) is 19.2. The summed E-state index contributed by atoms with van der Waals surface area (Å²) in [5.74, 6) is 0.588. The predicted molar refractivity (Wildman–Crippen MR) is 124 cm³/mol. The van der Waals surface area contributed by atoms with Gasteiger partial charge in [0.15, 0.2) is 5.82 Å². The highest BCUT2D eigenvalue weighted by Crippen LogP contribution is 2.32. The van der Waals surface area contributed by atoms with Gasteiger partial charge >= 0.3 is 5.97 Å². The van der Waals surface area contributed by atoms with Gasteiger partial charge in [0.2, 0.25) is 5.95 Å². The molecule has 4 rings (SSSR count). The van der Waals surface area contributed by atoms with Crippen LogP contribution in [0.2, 0.25) is 0 Å². The van der Waals surface area contributed by atoms with Gasteiger partial charge in [0.05, 0.1) is 24.8 Å². The molecule has 0 unspecified atom stereocenters. The fourth-order valence-corrected chi connectivity index (χ4v) is 4.01. The Balaban J connectivity index is 1.82. The largest absolute Gasteiger partial charge is 0.481 e. The summed E-state index contributed by atoms with van der Waals surface area (Å²) < 4.78 is 7.44. The molecule has 0 aliphatic carbocycles. The van der Waals surface area contributed by atoms with Crippen LogP contribution in [0, 0.1) is 5.92 Å². The molecule has 1 atom stereocenters. The third kappa shape index (κ3) is 5.03. The van der Waals surface area contributed by atoms with Crippen molar-refractivity contribution in [2.24, 2.45) is 5.92 Å². The monoisotopic (exact) mass is 454 g/mol. The van der Waals surface area contributed by atoms with Gasteiger partial charge in [-0.1, -0.05) is 13.8 Å². The van der Waals surface area contributed by atoms with Crippen LogP contribution < -0.4 is 10.2 Å². The quantitative estimate of drug-likeness (QED) is 0.465. The lowest BCUT2D eigenvalue weighted by Crippen LogP contribution is -2.39. The zero-order chi connectivity index (χ0) is 23.4. The molecule has 1 aliphatic heterocycles. The molecule has 11 nitrogen and oxygen atoms in total. The molecule has 11 heteroatoms. The molecule has 0 amide bonds. The van der Waals surface area contributed by atoms with Crippen LogP contribution in [0.4, 0.5) is 17.6 Å². The SMILES string of the molecule is CCOCCn1nc(C(C)C)c2nc(N3CCC[C@H](C(=O)O)C3)nc(Nc3ccncn3)c21. The maximum absolute atomic E-state index is 11.6. The average molecular weight is 455 g/mol. The van der Waals surface area contributed by atoms with Crippen LogP contribution in [-0.2, 0) is 16.1 Å². The van der Waals surface area contributed by atoms with Crippen LogP contribution >= 0.6 is 0 Å². The number of aromatic nitrogens is 6. The van der Waals surface area contributed by atoms with Crippen molar-refractivity contribution in [2.45, 2.75) is 46.1 Å². The Bertz CT molecular complexity index is 1100. The second-order valence-electron chi connectivity index (χ2n) is 8.37. The Labute approximate surface area is 192 Å². The molecular weight excluding hydrogens is 424 g/mol. The van der Waals surface area contributed by atoms with Gasteiger partial charge < -0.3 is 20.1 Å². The average Bonchev–Trinajstić information content (AvgIpc) is 3.19. The number of nitrogens with one attached hydrogen (secondary N) is 1. The second-order valence-corrected chi connectivity index (χ2v) is 8.37. The molecule has 2 N–H and O–H groups in total. The highest BCUT2D eigenvalue weighted by Gasteiger charge is 2.29. The van der Waals surface area contributed by atoms with Gasteiger partial charge in [-0.3, -0.25) is 9.48 Å². The van der Waals surface area contributed by atoms with Crippen molar-refractivity contribution in [1.29, 1.82) is 0 Å². The molecule has 3 aromatic heterocycles. The summed E-state index contributed by atoms with van der Waals surface area (Å²) in [6.45, 7) is 8.91. The number of carbonyl (C=O) groups is 1. The van der Waals surface area contributed by atoms with Gasteiger partial charge in [-0.25, -0.2) is 15.0 Å². The van der Waals surface area contributed by atoms with Gasteiger partial charge in [-0.2, -0.15) is 10.1 Å². The van der Waals surface area contributed by atoms with E-state index >= 15 is 0 Å². The molecular formula is C22H30N8O3. The molecule has 1 fully saturated rings. The van der Waals surface area contributed by atoms with E-state index < -0.39 is 11.9 Å². The van der Waals surface area contributed by atoms with E-state index in [9.17, 15) is 9.90 Å². The van der Waals surface area contributed by atoms with Crippen molar-refractivity contribution in [3.05, 3.63) is 24.3 Å². The lowest BCUT2D eigenvalue weighted by Gasteiger charge is -2.31. The molecule has 0 aromatic carbocycles. The molecule has 33 heavy (non-hydrogen) atoms. The summed E-state index contributed by atoms with van der Waals surface area (Å²) in [6.07, 6.45) is 4.56. The minimum absolute atomic E-state index is 0.142. The van der Waals surface area contributed by atoms with Crippen molar-refractivity contribution in [2.75, 3.05) is 36.5 Å². The highest BCUT2D eigenvalue weighted by atomic mass is 16.5. The number of hydrogen-bond donors (Lipinski definition) is 2. The van der Waals surface area contributed by atoms with Crippen LogP contribution in [-0.4, -0.2) is 67.1 Å². The summed E-state index contributed by atoms with van der Waals surface area (Å²) in [6, 6.07) is 1.76. The first-order chi connectivity index (χ1) is 16.0. The van der Waals surface area contributed by atoms with E-state index in [1.54, 1.807) is 12.3 Å². The molecule has 0 bridgehead atoms. The second kappa shape index (κ2) is 10.1. The number of carboxylic acid groups (broad SMARTS) is 1. The maximum Gasteiger partial charge on any atom is 0.308 e. The Morgan fingerprint density at radius 1 is 1.36 bits per heavy atom. The van der Waals surface area contributed by atoms with Gasteiger partial charge in [0, 0.05) is 25.9 Å². The van der Waals surface area contributed by atoms with Crippen LogP contribution in [0.1, 0.15) is 45.2 Å². The number of fused-ring (bicyclic) bond motifs is 1. The van der Waals surface area contributed by atoms with Crippen molar-refractivity contribution in [3.8, 4) is 0 Å². The number of nitrogens with zero attached hydrogens (tertiary/aromatic N) is 7. The minimum atomic E-state index is -0.785. The van der Waals surface area contributed by atoms with E-state index in [2.05, 4.69) is 29.1 Å². The van der Waals surface area contributed by atoms with E-state index in [1.807, 2.05) is 16.5 Å². The molecule has 0 radical (unpaired) electrons. The molecule has 4 heterocycles. The lowest BCUT2D eigenvalue weighted by molar-refractivity contribution is -0.141. The van der Waals surface area contributed by atoms with Gasteiger partial charge in [0.25, 0.3) is 0 Å². The summed E-state index contributed by atoms with van der Waals surface area (Å²) in [5, 5.41) is 17.7. The number of rotatable bonds is 9. The first-order valence-corrected chi connectivity index (χ1v) is 11.3. The number of ether oxygens (including phenoxy) is 1. The third-order valence-corrected chi connectivity index (χ3v) is 5.68. The first-order valence-electron chi connectivity index (χ1n) is 11.3. The zero-order valence-electron chi connectivity index (χ0n) is 19.2. The van der Waals surface area contributed by atoms with Crippen LogP contribution in [0.3, 0.4) is 0 Å². The molecule has 0 saturated carbocycles. The number of piperidine rings is 1. The Kier molecular flexibility index (Phi) is 6.97. The summed E-state index contributed by atoms with van der Waals surface area (Å²) in [7, 11) is 0. The first kappa shape index (κ1) is 22.8. The predicted octanol–water partition coefficient (Wildman–Crippen LogP) is 2.82. The topological polar surface area (TPSA) is 131 Å². The molecule has 0 spiro atoms. The van der Waals surface area contributed by atoms with Crippen molar-refractivity contribution < 1.29 is 14.6 Å². The molecule has 176 valence electrons. The number of carboxylic acids is 1. The summed E-state index contributed by atoms with van der Waals surface area (Å²) in [4.78, 5) is 31.5. The van der Waals surface area contributed by atoms with Crippen LogP contribution in [0.25, 0.3) is 11.0 Å². The number of anilines is 3. The summed E-state index contributed by atoms with van der Waals surface area (Å²) in [5.41, 5.74) is 2.38. The fourth-order valence-electron chi connectivity index (χ4n) is 4.01. The molecule has 1 saturated heterocycles.